The maximum atomic E-state index is 10.8. The van der Waals surface area contributed by atoms with E-state index in [2.05, 4.69) is 38.0 Å². The molecule has 8 heteroatoms. The molecule has 2 atom stereocenters. The lowest BCUT2D eigenvalue weighted by molar-refractivity contribution is 0.0428. The normalized spacial score (nSPS) is 18.1. The number of rotatable bonds is 8. The van der Waals surface area contributed by atoms with Gasteiger partial charge in [0.2, 0.25) is 0 Å². The Bertz CT molecular complexity index is 755. The summed E-state index contributed by atoms with van der Waals surface area (Å²) in [7, 11) is 0. The number of furan rings is 1. The Kier molecular flexibility index (Phi) is 9.45. The van der Waals surface area contributed by atoms with E-state index >= 15 is 0 Å². The highest BCUT2D eigenvalue weighted by molar-refractivity contribution is 14.0. The van der Waals surface area contributed by atoms with Gasteiger partial charge in [-0.25, -0.2) is 4.99 Å². The van der Waals surface area contributed by atoms with E-state index in [1.54, 1.807) is 18.3 Å². The molecule has 1 fully saturated rings. The van der Waals surface area contributed by atoms with Crippen molar-refractivity contribution in [2.45, 2.75) is 45.3 Å². The van der Waals surface area contributed by atoms with Gasteiger partial charge in [0.25, 0.3) is 0 Å². The molecule has 6 nitrogen and oxygen atoms in total. The second-order valence-electron chi connectivity index (χ2n) is 7.53. The first kappa shape index (κ1) is 24.2. The number of halogens is 1. The molecule has 3 rings (SSSR count). The molecule has 1 aliphatic rings. The van der Waals surface area contributed by atoms with E-state index in [1.807, 2.05) is 26.0 Å². The zero-order valence-corrected chi connectivity index (χ0v) is 20.6. The van der Waals surface area contributed by atoms with Crippen LogP contribution in [0.25, 0.3) is 0 Å². The molecule has 3 heterocycles. The van der Waals surface area contributed by atoms with Crippen molar-refractivity contribution in [3.63, 3.8) is 0 Å². The number of nitrogens with one attached hydrogen (secondary N) is 2. The fraction of sp³-hybridized carbons (Fsp3) is 0.571. The van der Waals surface area contributed by atoms with Crippen molar-refractivity contribution in [3.8, 4) is 0 Å². The zero-order valence-electron chi connectivity index (χ0n) is 17.5. The summed E-state index contributed by atoms with van der Waals surface area (Å²) in [6.45, 7) is 9.71. The summed E-state index contributed by atoms with van der Waals surface area (Å²) in [5, 5.41) is 19.7. The maximum Gasteiger partial charge on any atom is 0.191 e. The zero-order chi connectivity index (χ0) is 20.0. The summed E-state index contributed by atoms with van der Waals surface area (Å²) in [6, 6.07) is 8.35. The number of hydrogen-bond acceptors (Lipinski definition) is 5. The predicted octanol–water partition coefficient (Wildman–Crippen LogP) is 3.87. The molecular weight excluding hydrogens is 499 g/mol. The maximum absolute atomic E-state index is 10.8. The largest absolute Gasteiger partial charge is 0.463 e. The third-order valence-electron chi connectivity index (χ3n) is 5.08. The van der Waals surface area contributed by atoms with Crippen LogP contribution in [-0.4, -0.2) is 48.7 Å². The molecule has 29 heavy (non-hydrogen) atoms. The van der Waals surface area contributed by atoms with E-state index in [4.69, 9.17) is 4.42 Å². The molecule has 0 amide bonds. The second kappa shape index (κ2) is 11.3. The van der Waals surface area contributed by atoms with Gasteiger partial charge in [-0.3, -0.25) is 4.90 Å². The monoisotopic (exact) mass is 532 g/mol. The third-order valence-corrected chi connectivity index (χ3v) is 6.05. The number of hydrogen-bond donors (Lipinski definition) is 3. The molecule has 0 saturated carbocycles. The summed E-state index contributed by atoms with van der Waals surface area (Å²) in [5.74, 6) is 2.04. The Morgan fingerprint density at radius 2 is 2.07 bits per heavy atom. The van der Waals surface area contributed by atoms with E-state index in [-0.39, 0.29) is 30.5 Å². The van der Waals surface area contributed by atoms with Crippen LogP contribution < -0.4 is 10.6 Å². The Labute approximate surface area is 194 Å². The fourth-order valence-corrected chi connectivity index (χ4v) is 4.37. The van der Waals surface area contributed by atoms with Crippen LogP contribution in [0.1, 0.15) is 49.1 Å². The van der Waals surface area contributed by atoms with Crippen LogP contribution in [0.2, 0.25) is 0 Å². The number of aryl methyl sites for hydroxylation is 1. The highest BCUT2D eigenvalue weighted by Crippen LogP contribution is 2.28. The van der Waals surface area contributed by atoms with Gasteiger partial charge in [-0.05, 0) is 70.3 Å². The molecule has 0 spiro atoms. The van der Waals surface area contributed by atoms with Gasteiger partial charge in [0.15, 0.2) is 5.96 Å². The minimum absolute atomic E-state index is 0. The van der Waals surface area contributed by atoms with Crippen LogP contribution in [0.4, 0.5) is 0 Å². The molecule has 2 unspecified atom stereocenters. The third kappa shape index (κ3) is 6.70. The van der Waals surface area contributed by atoms with E-state index in [0.29, 0.717) is 17.8 Å². The van der Waals surface area contributed by atoms with Crippen LogP contribution >= 0.6 is 35.3 Å². The van der Waals surface area contributed by atoms with Crippen molar-refractivity contribution in [3.05, 3.63) is 46.0 Å². The van der Waals surface area contributed by atoms with Gasteiger partial charge in [0, 0.05) is 18.0 Å². The molecule has 1 aliphatic heterocycles. The lowest BCUT2D eigenvalue weighted by Gasteiger charge is -2.28. The Balaban J connectivity index is 0.00000300. The Morgan fingerprint density at radius 3 is 2.66 bits per heavy atom. The lowest BCUT2D eigenvalue weighted by atomic mass is 10.0. The molecule has 1 saturated heterocycles. The molecule has 0 aromatic carbocycles. The molecule has 2 aromatic heterocycles. The minimum atomic E-state index is -1.14. The van der Waals surface area contributed by atoms with Gasteiger partial charge in [-0.1, -0.05) is 6.07 Å². The van der Waals surface area contributed by atoms with Crippen molar-refractivity contribution in [1.82, 2.24) is 15.5 Å². The lowest BCUT2D eigenvalue weighted by Crippen LogP contribution is -2.43. The summed E-state index contributed by atoms with van der Waals surface area (Å²) in [6.07, 6.45) is 2.53. The highest BCUT2D eigenvalue weighted by Gasteiger charge is 2.27. The molecule has 3 N–H and O–H groups in total. The minimum Gasteiger partial charge on any atom is -0.463 e. The average molecular weight is 532 g/mol. The van der Waals surface area contributed by atoms with Gasteiger partial charge < -0.3 is 20.2 Å². The van der Waals surface area contributed by atoms with Crippen molar-refractivity contribution < 1.29 is 9.52 Å². The molecule has 2 aromatic rings. The Hall–Kier alpha value is -1.10. The van der Waals surface area contributed by atoms with Crippen LogP contribution in [0.15, 0.2) is 39.1 Å². The van der Waals surface area contributed by atoms with E-state index in [0.717, 1.165) is 31.9 Å². The summed E-state index contributed by atoms with van der Waals surface area (Å²) in [5.41, 5.74) is -1.14. The number of aliphatic hydroxyl groups is 1. The average Bonchev–Trinajstić information content (AvgIpc) is 3.42. The highest BCUT2D eigenvalue weighted by atomic mass is 127. The van der Waals surface area contributed by atoms with Gasteiger partial charge in [0.05, 0.1) is 12.6 Å². The van der Waals surface area contributed by atoms with Gasteiger partial charge in [0.1, 0.15) is 17.1 Å². The first-order chi connectivity index (χ1) is 13.5. The van der Waals surface area contributed by atoms with Crippen LogP contribution in [0.5, 0.6) is 0 Å². The van der Waals surface area contributed by atoms with Gasteiger partial charge in [-0.2, -0.15) is 0 Å². The first-order valence-electron chi connectivity index (χ1n) is 10.1. The van der Waals surface area contributed by atoms with Crippen molar-refractivity contribution in [1.29, 1.82) is 0 Å². The molecular formula is C21H33IN4O2S. The number of likely N-dealkylation sites (tertiary alicyclic amines) is 1. The quantitative estimate of drug-likeness (QED) is 0.274. The molecule has 0 bridgehead atoms. The molecule has 162 valence electrons. The summed E-state index contributed by atoms with van der Waals surface area (Å²) < 4.78 is 5.59. The van der Waals surface area contributed by atoms with E-state index in [1.165, 1.54) is 17.7 Å². The standard InChI is InChI=1S/C21H32N4O2S.HI/c1-4-22-20(24-15-21(3,26)19-10-9-16(2)27-19)23-14-17(18-8-7-13-28-18)25-11-5-6-12-25;/h7-10,13,17,26H,4-6,11-12,14-15H2,1-3H3,(H2,22,23,24);1H. The van der Waals surface area contributed by atoms with Gasteiger partial charge >= 0.3 is 0 Å². The number of thiophene rings is 1. The van der Waals surface area contributed by atoms with Crippen molar-refractivity contribution >= 4 is 41.3 Å². The Morgan fingerprint density at radius 1 is 1.31 bits per heavy atom. The smallest absolute Gasteiger partial charge is 0.191 e. The molecule has 0 aliphatic carbocycles. The number of guanidine groups is 1. The van der Waals surface area contributed by atoms with E-state index < -0.39 is 5.60 Å². The van der Waals surface area contributed by atoms with Crippen molar-refractivity contribution in [2.24, 2.45) is 4.99 Å². The second-order valence-corrected chi connectivity index (χ2v) is 8.51. The number of aliphatic imine (C=N–C) groups is 1. The van der Waals surface area contributed by atoms with Crippen LogP contribution in [0.3, 0.4) is 0 Å². The number of nitrogens with zero attached hydrogens (tertiary/aromatic N) is 2. The van der Waals surface area contributed by atoms with Crippen LogP contribution in [0, 0.1) is 6.92 Å². The molecule has 0 radical (unpaired) electrons. The van der Waals surface area contributed by atoms with Crippen molar-refractivity contribution in [2.75, 3.05) is 32.7 Å². The fourth-order valence-electron chi connectivity index (χ4n) is 3.51. The van der Waals surface area contributed by atoms with Gasteiger partial charge in [-0.15, -0.1) is 35.3 Å². The first-order valence-corrected chi connectivity index (χ1v) is 11.0. The summed E-state index contributed by atoms with van der Waals surface area (Å²) in [4.78, 5) is 8.54. The SMILES string of the molecule is CCNC(=NCC(C)(O)c1ccc(C)o1)NCC(c1cccs1)N1CCCC1.I. The van der Waals surface area contributed by atoms with Crippen LogP contribution in [-0.2, 0) is 5.60 Å². The predicted molar refractivity (Wildman–Crippen MR) is 130 cm³/mol. The topological polar surface area (TPSA) is 73.0 Å². The van der Waals surface area contributed by atoms with E-state index in [9.17, 15) is 5.11 Å². The summed E-state index contributed by atoms with van der Waals surface area (Å²) >= 11 is 1.81.